The maximum Gasteiger partial charge on any atom is 0.172 e. The van der Waals surface area contributed by atoms with E-state index in [4.69, 9.17) is 4.42 Å². The van der Waals surface area contributed by atoms with Gasteiger partial charge in [0.15, 0.2) is 5.78 Å². The lowest BCUT2D eigenvalue weighted by atomic mass is 10.1. The summed E-state index contributed by atoms with van der Waals surface area (Å²) in [6, 6.07) is 5.48. The topological polar surface area (TPSA) is 43.1 Å². The maximum absolute atomic E-state index is 11.7. The van der Waals surface area contributed by atoms with E-state index in [1.807, 2.05) is 19.1 Å². The van der Waals surface area contributed by atoms with E-state index in [2.05, 4.69) is 4.98 Å². The molecule has 2 aromatic heterocycles. The molecule has 0 unspecified atom stereocenters. The number of furan rings is 1. The maximum atomic E-state index is 11.7. The highest BCUT2D eigenvalue weighted by molar-refractivity contribution is 5.97. The smallest absolute Gasteiger partial charge is 0.172 e. The van der Waals surface area contributed by atoms with Crippen LogP contribution in [-0.4, -0.2) is 10.8 Å². The van der Waals surface area contributed by atoms with Crippen molar-refractivity contribution >= 4 is 5.78 Å². The average molecular weight is 201 g/mol. The van der Waals surface area contributed by atoms with Crippen molar-refractivity contribution in [3.8, 4) is 0 Å². The predicted molar refractivity (Wildman–Crippen MR) is 55.7 cm³/mol. The molecule has 2 rings (SSSR count). The molecule has 0 saturated heterocycles. The van der Waals surface area contributed by atoms with Crippen molar-refractivity contribution in [2.75, 3.05) is 0 Å². The van der Waals surface area contributed by atoms with Gasteiger partial charge in [0, 0.05) is 6.20 Å². The van der Waals surface area contributed by atoms with Gasteiger partial charge in [-0.3, -0.25) is 9.78 Å². The van der Waals surface area contributed by atoms with Gasteiger partial charge >= 0.3 is 0 Å². The fourth-order valence-electron chi connectivity index (χ4n) is 1.38. The van der Waals surface area contributed by atoms with E-state index in [0.29, 0.717) is 12.0 Å². The van der Waals surface area contributed by atoms with Crippen LogP contribution in [0.2, 0.25) is 0 Å². The van der Waals surface area contributed by atoms with Crippen LogP contribution in [-0.2, 0) is 6.42 Å². The van der Waals surface area contributed by atoms with Gasteiger partial charge in [-0.15, -0.1) is 0 Å². The minimum atomic E-state index is 0.0329. The number of nitrogens with zero attached hydrogens (tertiary/aromatic N) is 1. The Balaban J connectivity index is 2.17. The Kier molecular flexibility index (Phi) is 2.63. The highest BCUT2D eigenvalue weighted by Crippen LogP contribution is 2.09. The minimum Gasteiger partial charge on any atom is -0.472 e. The molecule has 2 aromatic rings. The summed E-state index contributed by atoms with van der Waals surface area (Å²) in [5.74, 6) is 0.0329. The van der Waals surface area contributed by atoms with Crippen molar-refractivity contribution in [3.63, 3.8) is 0 Å². The molecule has 0 fully saturated rings. The van der Waals surface area contributed by atoms with Crippen LogP contribution in [0.1, 0.15) is 21.6 Å². The van der Waals surface area contributed by atoms with Crippen LogP contribution >= 0.6 is 0 Å². The number of pyridine rings is 1. The van der Waals surface area contributed by atoms with Gasteiger partial charge < -0.3 is 4.42 Å². The first-order valence-corrected chi connectivity index (χ1v) is 4.73. The quantitative estimate of drug-likeness (QED) is 0.716. The van der Waals surface area contributed by atoms with Crippen LogP contribution in [0.3, 0.4) is 0 Å². The second kappa shape index (κ2) is 4.09. The molecule has 0 saturated carbocycles. The molecule has 0 aromatic carbocycles. The summed E-state index contributed by atoms with van der Waals surface area (Å²) in [5.41, 5.74) is 2.46. The van der Waals surface area contributed by atoms with Gasteiger partial charge in [0.2, 0.25) is 0 Å². The molecule has 0 spiro atoms. The third-order valence-corrected chi connectivity index (χ3v) is 2.29. The normalized spacial score (nSPS) is 10.2. The van der Waals surface area contributed by atoms with Gasteiger partial charge in [0.25, 0.3) is 0 Å². The molecule has 0 N–H and O–H groups in total. The molecule has 0 aliphatic heterocycles. The number of hydrogen-bond donors (Lipinski definition) is 0. The van der Waals surface area contributed by atoms with E-state index in [9.17, 15) is 4.79 Å². The van der Waals surface area contributed by atoms with E-state index < -0.39 is 0 Å². The molecular formula is C12H11NO2. The van der Waals surface area contributed by atoms with E-state index in [0.717, 1.165) is 11.3 Å². The molecule has 15 heavy (non-hydrogen) atoms. The zero-order chi connectivity index (χ0) is 10.7. The Morgan fingerprint density at radius 3 is 3.00 bits per heavy atom. The van der Waals surface area contributed by atoms with Crippen molar-refractivity contribution < 1.29 is 9.21 Å². The van der Waals surface area contributed by atoms with Gasteiger partial charge in [-0.05, 0) is 24.6 Å². The van der Waals surface area contributed by atoms with Crippen molar-refractivity contribution in [3.05, 3.63) is 53.7 Å². The predicted octanol–water partition coefficient (Wildman–Crippen LogP) is 2.41. The first-order chi connectivity index (χ1) is 7.27. The van der Waals surface area contributed by atoms with Gasteiger partial charge in [-0.25, -0.2) is 0 Å². The number of rotatable bonds is 3. The second-order valence-corrected chi connectivity index (χ2v) is 3.38. The van der Waals surface area contributed by atoms with E-state index in [1.165, 1.54) is 12.5 Å². The van der Waals surface area contributed by atoms with Gasteiger partial charge in [0.05, 0.1) is 23.9 Å². The van der Waals surface area contributed by atoms with Crippen LogP contribution in [0.5, 0.6) is 0 Å². The third kappa shape index (κ3) is 2.13. The van der Waals surface area contributed by atoms with Crippen molar-refractivity contribution in [1.29, 1.82) is 0 Å². The molecule has 0 atom stereocenters. The van der Waals surface area contributed by atoms with E-state index >= 15 is 0 Å². The van der Waals surface area contributed by atoms with Gasteiger partial charge in [0.1, 0.15) is 6.26 Å². The SMILES string of the molecule is Cc1cccnc1CC(=O)c1ccoc1. The number of hydrogen-bond acceptors (Lipinski definition) is 3. The second-order valence-electron chi connectivity index (χ2n) is 3.38. The van der Waals surface area contributed by atoms with Crippen LogP contribution in [0, 0.1) is 6.92 Å². The number of aromatic nitrogens is 1. The Bertz CT molecular complexity index is 460. The first-order valence-electron chi connectivity index (χ1n) is 4.73. The van der Waals surface area contributed by atoms with Crippen LogP contribution in [0.15, 0.2) is 41.3 Å². The highest BCUT2D eigenvalue weighted by atomic mass is 16.3. The number of aryl methyl sites for hydroxylation is 1. The molecule has 76 valence electrons. The summed E-state index contributed by atoms with van der Waals surface area (Å²) in [6.07, 6.45) is 4.98. The van der Waals surface area contributed by atoms with Crippen LogP contribution in [0.25, 0.3) is 0 Å². The molecule has 0 bridgehead atoms. The Labute approximate surface area is 87.8 Å². The monoisotopic (exact) mass is 201 g/mol. The first kappa shape index (κ1) is 9.65. The zero-order valence-electron chi connectivity index (χ0n) is 8.43. The summed E-state index contributed by atoms with van der Waals surface area (Å²) in [7, 11) is 0. The largest absolute Gasteiger partial charge is 0.472 e. The molecule has 2 heterocycles. The van der Waals surface area contributed by atoms with Crippen molar-refractivity contribution in [2.45, 2.75) is 13.3 Å². The summed E-state index contributed by atoms with van der Waals surface area (Å²) in [4.78, 5) is 15.9. The summed E-state index contributed by atoms with van der Waals surface area (Å²) < 4.78 is 4.86. The van der Waals surface area contributed by atoms with Crippen LogP contribution in [0.4, 0.5) is 0 Å². The molecule has 0 aliphatic carbocycles. The number of carbonyl (C=O) groups excluding carboxylic acids is 1. The van der Waals surface area contributed by atoms with Crippen molar-refractivity contribution in [2.24, 2.45) is 0 Å². The van der Waals surface area contributed by atoms with E-state index in [1.54, 1.807) is 12.3 Å². The molecular weight excluding hydrogens is 190 g/mol. The minimum absolute atomic E-state index is 0.0329. The summed E-state index contributed by atoms with van der Waals surface area (Å²) >= 11 is 0. The Hall–Kier alpha value is -1.90. The molecule has 3 nitrogen and oxygen atoms in total. The van der Waals surface area contributed by atoms with Crippen molar-refractivity contribution in [1.82, 2.24) is 4.98 Å². The third-order valence-electron chi connectivity index (χ3n) is 2.29. The van der Waals surface area contributed by atoms with Gasteiger partial charge in [-0.2, -0.15) is 0 Å². The lowest BCUT2D eigenvalue weighted by molar-refractivity contribution is 0.0991. The van der Waals surface area contributed by atoms with Crippen LogP contribution < -0.4 is 0 Å². The van der Waals surface area contributed by atoms with Gasteiger partial charge in [-0.1, -0.05) is 6.07 Å². The molecule has 0 aliphatic rings. The molecule has 0 radical (unpaired) electrons. The lowest BCUT2D eigenvalue weighted by Gasteiger charge is -2.01. The standard InChI is InChI=1S/C12H11NO2/c1-9-3-2-5-13-11(9)7-12(14)10-4-6-15-8-10/h2-6,8H,7H2,1H3. The Morgan fingerprint density at radius 2 is 2.33 bits per heavy atom. The molecule has 0 amide bonds. The number of carbonyl (C=O) groups is 1. The average Bonchev–Trinajstić information content (AvgIpc) is 2.74. The summed E-state index contributed by atoms with van der Waals surface area (Å²) in [5, 5.41) is 0. The highest BCUT2D eigenvalue weighted by Gasteiger charge is 2.10. The molecule has 3 heteroatoms. The number of ketones is 1. The summed E-state index contributed by atoms with van der Waals surface area (Å²) in [6.45, 7) is 1.95. The lowest BCUT2D eigenvalue weighted by Crippen LogP contribution is -2.05. The Morgan fingerprint density at radius 1 is 1.47 bits per heavy atom. The van der Waals surface area contributed by atoms with E-state index in [-0.39, 0.29) is 5.78 Å². The fraction of sp³-hybridized carbons (Fsp3) is 0.167. The zero-order valence-corrected chi connectivity index (χ0v) is 8.43. The fourth-order valence-corrected chi connectivity index (χ4v) is 1.38. The number of Topliss-reactive ketones (excluding diaryl/α,β-unsaturated/α-hetero) is 1.